The molecule has 30 heavy (non-hydrogen) atoms. The van der Waals surface area contributed by atoms with E-state index in [1.165, 1.54) is 37.4 Å². The van der Waals surface area contributed by atoms with E-state index >= 15 is 0 Å². The Labute approximate surface area is 172 Å². The van der Waals surface area contributed by atoms with Crippen LogP contribution >= 0.6 is 0 Å². The monoisotopic (exact) mass is 441 g/mol. The first-order valence-electron chi connectivity index (χ1n) is 8.57. The molecule has 2 aromatic carbocycles. The summed E-state index contributed by atoms with van der Waals surface area (Å²) in [4.78, 5) is 22.6. The van der Waals surface area contributed by atoms with Crippen molar-refractivity contribution in [2.45, 2.75) is 0 Å². The SMILES string of the molecule is COc1ccc([N+](=O)[O-])cc1N(CC(=O)NCCOc1ccc(F)cc1)S(C)(=O)=O. The molecule has 10 nitrogen and oxygen atoms in total. The molecule has 0 aromatic heterocycles. The number of nitrogens with zero attached hydrogens (tertiary/aromatic N) is 2. The Bertz CT molecular complexity index is 1010. The number of anilines is 1. The second-order valence-electron chi connectivity index (χ2n) is 6.04. The van der Waals surface area contributed by atoms with Gasteiger partial charge in [0.1, 0.15) is 36.2 Å². The summed E-state index contributed by atoms with van der Waals surface area (Å²) in [7, 11) is -2.69. The van der Waals surface area contributed by atoms with Crippen molar-refractivity contribution in [1.29, 1.82) is 0 Å². The fraction of sp³-hybridized carbons (Fsp3) is 0.278. The normalized spacial score (nSPS) is 10.9. The van der Waals surface area contributed by atoms with Crippen molar-refractivity contribution in [1.82, 2.24) is 5.32 Å². The van der Waals surface area contributed by atoms with Crippen LogP contribution in [0.1, 0.15) is 0 Å². The molecule has 0 saturated carbocycles. The van der Waals surface area contributed by atoms with E-state index in [9.17, 15) is 27.7 Å². The van der Waals surface area contributed by atoms with Crippen LogP contribution in [0.5, 0.6) is 11.5 Å². The molecule has 2 rings (SSSR count). The van der Waals surface area contributed by atoms with E-state index in [2.05, 4.69) is 5.32 Å². The number of hydrogen-bond donors (Lipinski definition) is 1. The summed E-state index contributed by atoms with van der Waals surface area (Å²) in [6, 6.07) is 8.74. The van der Waals surface area contributed by atoms with Crippen molar-refractivity contribution < 1.29 is 32.0 Å². The number of carbonyl (C=O) groups is 1. The Kier molecular flexibility index (Phi) is 7.53. The van der Waals surface area contributed by atoms with Gasteiger partial charge in [-0.15, -0.1) is 0 Å². The highest BCUT2D eigenvalue weighted by atomic mass is 32.2. The summed E-state index contributed by atoms with van der Waals surface area (Å²) in [5.41, 5.74) is -0.487. The molecule has 1 amide bonds. The zero-order chi connectivity index (χ0) is 22.3. The van der Waals surface area contributed by atoms with Gasteiger partial charge in [-0.2, -0.15) is 0 Å². The van der Waals surface area contributed by atoms with Crippen molar-refractivity contribution >= 4 is 27.3 Å². The minimum atomic E-state index is -3.96. The fourth-order valence-corrected chi connectivity index (χ4v) is 3.30. The molecule has 0 heterocycles. The van der Waals surface area contributed by atoms with Crippen molar-refractivity contribution in [2.75, 3.05) is 37.4 Å². The summed E-state index contributed by atoms with van der Waals surface area (Å²) in [6.07, 6.45) is 0.871. The summed E-state index contributed by atoms with van der Waals surface area (Å²) in [5, 5.41) is 13.5. The van der Waals surface area contributed by atoms with Gasteiger partial charge in [-0.25, -0.2) is 12.8 Å². The first-order valence-corrected chi connectivity index (χ1v) is 10.4. The molecule has 0 radical (unpaired) electrons. The van der Waals surface area contributed by atoms with Crippen molar-refractivity contribution in [3.63, 3.8) is 0 Å². The van der Waals surface area contributed by atoms with Gasteiger partial charge in [0.25, 0.3) is 5.69 Å². The fourth-order valence-electron chi connectivity index (χ4n) is 2.44. The highest BCUT2D eigenvalue weighted by Gasteiger charge is 2.26. The van der Waals surface area contributed by atoms with E-state index < -0.39 is 33.2 Å². The molecule has 12 heteroatoms. The third-order valence-electron chi connectivity index (χ3n) is 3.84. The molecule has 0 fully saturated rings. The number of rotatable bonds is 10. The van der Waals surface area contributed by atoms with Gasteiger partial charge < -0.3 is 14.8 Å². The van der Waals surface area contributed by atoms with E-state index in [4.69, 9.17) is 9.47 Å². The maximum Gasteiger partial charge on any atom is 0.271 e. The largest absolute Gasteiger partial charge is 0.495 e. The lowest BCUT2D eigenvalue weighted by Gasteiger charge is -2.23. The summed E-state index contributed by atoms with van der Waals surface area (Å²) in [6.45, 7) is -0.497. The Balaban J connectivity index is 2.06. The van der Waals surface area contributed by atoms with Crippen LogP contribution in [0.4, 0.5) is 15.8 Å². The van der Waals surface area contributed by atoms with Crippen molar-refractivity contribution in [3.8, 4) is 11.5 Å². The van der Waals surface area contributed by atoms with Gasteiger partial charge in [0.15, 0.2) is 0 Å². The quantitative estimate of drug-likeness (QED) is 0.338. The molecule has 0 unspecified atom stereocenters. The zero-order valence-electron chi connectivity index (χ0n) is 16.2. The van der Waals surface area contributed by atoms with Crippen LogP contribution in [-0.2, 0) is 14.8 Å². The van der Waals surface area contributed by atoms with E-state index in [0.29, 0.717) is 5.75 Å². The number of amides is 1. The average molecular weight is 441 g/mol. The van der Waals surface area contributed by atoms with Crippen molar-refractivity contribution in [2.24, 2.45) is 0 Å². The number of sulfonamides is 1. The highest BCUT2D eigenvalue weighted by molar-refractivity contribution is 7.92. The zero-order valence-corrected chi connectivity index (χ0v) is 17.0. The van der Waals surface area contributed by atoms with E-state index in [1.54, 1.807) is 0 Å². The molecule has 0 saturated heterocycles. The number of methoxy groups -OCH3 is 1. The third kappa shape index (κ3) is 6.30. The summed E-state index contributed by atoms with van der Waals surface area (Å²) in [5.74, 6) is -0.604. The van der Waals surface area contributed by atoms with Gasteiger partial charge in [0, 0.05) is 12.1 Å². The number of halogens is 1. The summed E-state index contributed by atoms with van der Waals surface area (Å²) >= 11 is 0. The van der Waals surface area contributed by atoms with Gasteiger partial charge in [-0.05, 0) is 30.3 Å². The van der Waals surface area contributed by atoms with E-state index in [1.807, 2.05) is 0 Å². The molecule has 0 aliphatic rings. The number of non-ortho nitro benzene ring substituents is 1. The van der Waals surface area contributed by atoms with Crippen LogP contribution in [0.15, 0.2) is 42.5 Å². The second-order valence-corrected chi connectivity index (χ2v) is 7.94. The number of nitro groups is 1. The van der Waals surface area contributed by atoms with Crippen LogP contribution in [-0.4, -0.2) is 52.3 Å². The molecule has 0 atom stereocenters. The van der Waals surface area contributed by atoms with Crippen LogP contribution < -0.4 is 19.1 Å². The maximum atomic E-state index is 12.8. The van der Waals surface area contributed by atoms with Gasteiger partial charge in [0.05, 0.1) is 24.8 Å². The first-order chi connectivity index (χ1) is 14.1. The predicted molar refractivity (Wildman–Crippen MR) is 107 cm³/mol. The lowest BCUT2D eigenvalue weighted by molar-refractivity contribution is -0.384. The highest BCUT2D eigenvalue weighted by Crippen LogP contribution is 2.33. The third-order valence-corrected chi connectivity index (χ3v) is 4.96. The molecule has 2 aromatic rings. The maximum absolute atomic E-state index is 12.8. The van der Waals surface area contributed by atoms with Gasteiger partial charge in [-0.3, -0.25) is 19.2 Å². The standard InChI is InChI=1S/C18H20FN3O7S/c1-28-17-8-5-14(22(24)25)11-16(17)21(30(2,26)27)12-18(23)20-9-10-29-15-6-3-13(19)4-7-15/h3-8,11H,9-10,12H2,1-2H3,(H,20,23). The summed E-state index contributed by atoms with van der Waals surface area (Å²) < 4.78 is 48.4. The second kappa shape index (κ2) is 9.87. The van der Waals surface area contributed by atoms with Gasteiger partial charge in [-0.1, -0.05) is 0 Å². The Morgan fingerprint density at radius 3 is 2.47 bits per heavy atom. The number of benzene rings is 2. The predicted octanol–water partition coefficient (Wildman–Crippen LogP) is 1.70. The van der Waals surface area contributed by atoms with Crippen molar-refractivity contribution in [3.05, 3.63) is 58.4 Å². The number of ether oxygens (including phenoxy) is 2. The molecule has 0 aliphatic carbocycles. The lowest BCUT2D eigenvalue weighted by atomic mass is 10.2. The Hall–Kier alpha value is -3.41. The molecular formula is C18H20FN3O7S. The Morgan fingerprint density at radius 1 is 1.23 bits per heavy atom. The smallest absolute Gasteiger partial charge is 0.271 e. The molecular weight excluding hydrogens is 421 g/mol. The van der Waals surface area contributed by atoms with Crippen LogP contribution in [0.2, 0.25) is 0 Å². The van der Waals surface area contributed by atoms with Crippen LogP contribution in [0.3, 0.4) is 0 Å². The number of nitro benzene ring substituents is 1. The van der Waals surface area contributed by atoms with Gasteiger partial charge in [0.2, 0.25) is 15.9 Å². The van der Waals surface area contributed by atoms with Gasteiger partial charge >= 0.3 is 0 Å². The number of carbonyl (C=O) groups excluding carboxylic acids is 1. The Morgan fingerprint density at radius 2 is 1.90 bits per heavy atom. The molecule has 1 N–H and O–H groups in total. The van der Waals surface area contributed by atoms with E-state index in [0.717, 1.165) is 22.7 Å². The minimum absolute atomic E-state index is 0.0541. The van der Waals surface area contributed by atoms with Crippen LogP contribution in [0, 0.1) is 15.9 Å². The molecule has 0 aliphatic heterocycles. The van der Waals surface area contributed by atoms with Crippen LogP contribution in [0.25, 0.3) is 0 Å². The average Bonchev–Trinajstić information content (AvgIpc) is 2.69. The first kappa shape index (κ1) is 22.9. The van der Waals surface area contributed by atoms with E-state index in [-0.39, 0.29) is 30.3 Å². The number of hydrogen-bond acceptors (Lipinski definition) is 7. The molecule has 0 spiro atoms. The topological polar surface area (TPSA) is 128 Å². The lowest BCUT2D eigenvalue weighted by Crippen LogP contribution is -2.41. The minimum Gasteiger partial charge on any atom is -0.495 e. The number of nitrogens with one attached hydrogen (secondary N) is 1. The molecule has 162 valence electrons. The molecule has 0 bridgehead atoms.